The molecule has 0 aliphatic rings. The molecule has 226 valence electrons. The van der Waals surface area contributed by atoms with Gasteiger partial charge in [-0.1, -0.05) is 55.8 Å². The number of nitrogens with one attached hydrogen (secondary N) is 1. The number of sulfonamides is 1. The van der Waals surface area contributed by atoms with E-state index in [2.05, 4.69) is 5.32 Å². The number of para-hydroxylation sites is 2. The Bertz CT molecular complexity index is 1460. The largest absolute Gasteiger partial charge is 0.497 e. The molecule has 0 heterocycles. The first-order chi connectivity index (χ1) is 20.0. The quantitative estimate of drug-likeness (QED) is 0.283. The fraction of sp³-hybridized carbons (Fsp3) is 0.375. The molecule has 0 fully saturated rings. The van der Waals surface area contributed by atoms with Crippen LogP contribution in [0, 0.1) is 6.92 Å². The third-order valence-corrected chi connectivity index (χ3v) is 8.88. The summed E-state index contributed by atoms with van der Waals surface area (Å²) in [6.45, 7) is 7.25. The van der Waals surface area contributed by atoms with Crippen LogP contribution in [0.1, 0.15) is 44.7 Å². The summed E-state index contributed by atoms with van der Waals surface area (Å²) >= 11 is 0. The molecule has 0 spiro atoms. The summed E-state index contributed by atoms with van der Waals surface area (Å²) in [6, 6.07) is 19.4. The van der Waals surface area contributed by atoms with E-state index in [1.165, 1.54) is 31.3 Å². The average Bonchev–Trinajstić information content (AvgIpc) is 2.99. The second-order valence-corrected chi connectivity index (χ2v) is 12.0. The highest BCUT2D eigenvalue weighted by atomic mass is 32.2. The van der Waals surface area contributed by atoms with Crippen LogP contribution >= 0.6 is 0 Å². The summed E-state index contributed by atoms with van der Waals surface area (Å²) in [5.41, 5.74) is 2.05. The molecule has 42 heavy (non-hydrogen) atoms. The van der Waals surface area contributed by atoms with Crippen molar-refractivity contribution in [2.45, 2.75) is 64.1 Å². The van der Waals surface area contributed by atoms with Gasteiger partial charge in [0.15, 0.2) is 0 Å². The van der Waals surface area contributed by atoms with Crippen LogP contribution in [0.25, 0.3) is 0 Å². The van der Waals surface area contributed by atoms with Crippen molar-refractivity contribution in [3.63, 3.8) is 0 Å². The molecule has 3 aromatic carbocycles. The Labute approximate surface area is 249 Å². The molecule has 3 aromatic rings. The van der Waals surface area contributed by atoms with Crippen LogP contribution < -0.4 is 19.1 Å². The van der Waals surface area contributed by atoms with Crippen molar-refractivity contribution in [2.24, 2.45) is 0 Å². The van der Waals surface area contributed by atoms with Crippen molar-refractivity contribution in [3.8, 4) is 11.5 Å². The lowest BCUT2D eigenvalue weighted by Gasteiger charge is -2.34. The van der Waals surface area contributed by atoms with Gasteiger partial charge in [-0.3, -0.25) is 13.9 Å². The van der Waals surface area contributed by atoms with Crippen LogP contribution in [0.2, 0.25) is 0 Å². The van der Waals surface area contributed by atoms with Crippen molar-refractivity contribution >= 4 is 27.5 Å². The predicted molar refractivity (Wildman–Crippen MR) is 164 cm³/mol. The molecule has 0 radical (unpaired) electrons. The number of rotatable bonds is 14. The molecule has 0 unspecified atom stereocenters. The first kappa shape index (κ1) is 32.5. The Morgan fingerprint density at radius 2 is 1.60 bits per heavy atom. The summed E-state index contributed by atoms with van der Waals surface area (Å²) in [5.74, 6) is -0.0224. The highest BCUT2D eigenvalue weighted by Crippen LogP contribution is 2.33. The number of amides is 2. The Balaban J connectivity index is 2.10. The maximum atomic E-state index is 14.2. The van der Waals surface area contributed by atoms with E-state index in [9.17, 15) is 18.0 Å². The van der Waals surface area contributed by atoms with E-state index in [0.717, 1.165) is 21.9 Å². The minimum atomic E-state index is -4.25. The van der Waals surface area contributed by atoms with Crippen molar-refractivity contribution < 1.29 is 27.5 Å². The number of hydrogen-bond donors (Lipinski definition) is 1. The topological polar surface area (TPSA) is 105 Å². The van der Waals surface area contributed by atoms with Crippen molar-refractivity contribution in [3.05, 3.63) is 83.9 Å². The molecule has 0 aliphatic carbocycles. The van der Waals surface area contributed by atoms with Gasteiger partial charge in [0.2, 0.25) is 11.8 Å². The van der Waals surface area contributed by atoms with E-state index in [0.29, 0.717) is 12.2 Å². The molecule has 0 saturated carbocycles. The van der Waals surface area contributed by atoms with Gasteiger partial charge in [0.05, 0.1) is 24.8 Å². The van der Waals surface area contributed by atoms with Crippen LogP contribution in [0.4, 0.5) is 5.69 Å². The summed E-state index contributed by atoms with van der Waals surface area (Å²) < 4.78 is 39.9. The van der Waals surface area contributed by atoms with E-state index in [4.69, 9.17) is 9.47 Å². The Kier molecular flexibility index (Phi) is 11.4. The van der Waals surface area contributed by atoms with Crippen LogP contribution in [0.15, 0.2) is 77.7 Å². The number of ether oxygens (including phenoxy) is 2. The van der Waals surface area contributed by atoms with E-state index >= 15 is 0 Å². The monoisotopic (exact) mass is 595 g/mol. The van der Waals surface area contributed by atoms with Crippen molar-refractivity contribution in [1.82, 2.24) is 10.2 Å². The van der Waals surface area contributed by atoms with Gasteiger partial charge >= 0.3 is 0 Å². The maximum absolute atomic E-state index is 14.2. The molecule has 2 amide bonds. The van der Waals surface area contributed by atoms with E-state index in [1.807, 2.05) is 52.0 Å². The van der Waals surface area contributed by atoms with Gasteiger partial charge in [-0.05, 0) is 68.7 Å². The van der Waals surface area contributed by atoms with Gasteiger partial charge in [0.1, 0.15) is 24.1 Å². The van der Waals surface area contributed by atoms with Crippen LogP contribution in [-0.2, 0) is 26.2 Å². The molecule has 0 bridgehead atoms. The Morgan fingerprint density at radius 1 is 0.905 bits per heavy atom. The number of benzene rings is 3. The zero-order valence-electron chi connectivity index (χ0n) is 25.2. The van der Waals surface area contributed by atoms with Crippen molar-refractivity contribution in [1.29, 1.82) is 0 Å². The highest BCUT2D eigenvalue weighted by molar-refractivity contribution is 7.92. The van der Waals surface area contributed by atoms with Gasteiger partial charge in [0.25, 0.3) is 10.0 Å². The van der Waals surface area contributed by atoms with Gasteiger partial charge in [-0.2, -0.15) is 0 Å². The third kappa shape index (κ3) is 7.82. The second kappa shape index (κ2) is 14.7. The SMILES string of the molecule is CC[C@@H](C)NC(=O)[C@@H](CC)N(Cc1cccc(C)c1)C(=O)CN(c1ccccc1OC)S(=O)(=O)c1ccc(OC)cc1. The smallest absolute Gasteiger partial charge is 0.264 e. The average molecular weight is 596 g/mol. The number of nitrogens with zero attached hydrogens (tertiary/aromatic N) is 2. The minimum Gasteiger partial charge on any atom is -0.497 e. The summed E-state index contributed by atoms with van der Waals surface area (Å²) in [7, 11) is -1.31. The Morgan fingerprint density at radius 3 is 2.19 bits per heavy atom. The lowest BCUT2D eigenvalue weighted by molar-refractivity contribution is -0.140. The van der Waals surface area contributed by atoms with E-state index in [-0.39, 0.29) is 34.8 Å². The second-order valence-electron chi connectivity index (χ2n) is 10.1. The molecule has 0 saturated heterocycles. The number of carbonyl (C=O) groups is 2. The number of methoxy groups -OCH3 is 2. The zero-order chi connectivity index (χ0) is 30.9. The molecule has 0 aliphatic heterocycles. The van der Waals surface area contributed by atoms with Crippen LogP contribution in [-0.4, -0.2) is 58.0 Å². The predicted octanol–water partition coefficient (Wildman–Crippen LogP) is 4.93. The van der Waals surface area contributed by atoms with Crippen LogP contribution in [0.5, 0.6) is 11.5 Å². The molecule has 0 aromatic heterocycles. The number of hydrogen-bond acceptors (Lipinski definition) is 6. The highest BCUT2D eigenvalue weighted by Gasteiger charge is 2.35. The Hall–Kier alpha value is -4.05. The molecule has 1 N–H and O–H groups in total. The normalized spacial score (nSPS) is 12.6. The number of carbonyl (C=O) groups excluding carboxylic acids is 2. The van der Waals surface area contributed by atoms with Gasteiger partial charge in [0, 0.05) is 12.6 Å². The number of anilines is 1. The fourth-order valence-electron chi connectivity index (χ4n) is 4.59. The van der Waals surface area contributed by atoms with Gasteiger partial charge in [-0.15, -0.1) is 0 Å². The third-order valence-electron chi connectivity index (χ3n) is 7.10. The molecule has 9 nitrogen and oxygen atoms in total. The van der Waals surface area contributed by atoms with Gasteiger partial charge < -0.3 is 19.7 Å². The fourth-order valence-corrected chi connectivity index (χ4v) is 6.02. The lowest BCUT2D eigenvalue weighted by Crippen LogP contribution is -2.53. The standard InChI is InChI=1S/C32H41N3O6S/c1-7-24(4)33-32(37)28(8-2)34(21-25-13-11-12-23(3)20-25)31(36)22-35(29-14-9-10-15-30(29)41-6)42(38,39)27-18-16-26(40-5)17-19-27/h9-20,24,28H,7-8,21-22H2,1-6H3,(H,33,37)/t24-,28-/m1/s1. The lowest BCUT2D eigenvalue weighted by atomic mass is 10.1. The molecule has 3 rings (SSSR count). The molecular formula is C32H41N3O6S. The van der Waals surface area contributed by atoms with E-state index < -0.39 is 28.5 Å². The molecular weight excluding hydrogens is 554 g/mol. The first-order valence-electron chi connectivity index (χ1n) is 14.0. The summed E-state index contributed by atoms with van der Waals surface area (Å²) in [6.07, 6.45) is 1.08. The van der Waals surface area contributed by atoms with E-state index in [1.54, 1.807) is 36.4 Å². The van der Waals surface area contributed by atoms with Crippen LogP contribution in [0.3, 0.4) is 0 Å². The van der Waals surface area contributed by atoms with Gasteiger partial charge in [-0.25, -0.2) is 8.42 Å². The maximum Gasteiger partial charge on any atom is 0.264 e. The summed E-state index contributed by atoms with van der Waals surface area (Å²) in [5, 5.41) is 2.99. The molecule has 2 atom stereocenters. The molecule has 10 heteroatoms. The first-order valence-corrected chi connectivity index (χ1v) is 15.4. The minimum absolute atomic E-state index is 0.0196. The summed E-state index contributed by atoms with van der Waals surface area (Å²) in [4.78, 5) is 29.1. The van der Waals surface area contributed by atoms with Crippen molar-refractivity contribution in [2.75, 3.05) is 25.1 Å². The zero-order valence-corrected chi connectivity index (χ0v) is 26.0. The number of aryl methyl sites for hydroxylation is 1.